The standard InChI is InChI=1S/C11H14N2S/c1-8(12-2)5-9-3-4-10-11(6-9)14-7-13-10/h3-4,6-8,12H,5H2,1-2H3/t8-/m1/s1. The molecule has 0 radical (unpaired) electrons. The van der Waals surface area contributed by atoms with E-state index in [0.717, 1.165) is 11.9 Å². The average Bonchev–Trinajstić information content (AvgIpc) is 2.64. The molecule has 0 fully saturated rings. The summed E-state index contributed by atoms with van der Waals surface area (Å²) in [7, 11) is 2.00. The van der Waals surface area contributed by atoms with Crippen LogP contribution in [0.15, 0.2) is 23.7 Å². The lowest BCUT2D eigenvalue weighted by molar-refractivity contribution is 0.609. The Morgan fingerprint density at radius 3 is 3.14 bits per heavy atom. The van der Waals surface area contributed by atoms with E-state index >= 15 is 0 Å². The molecule has 0 saturated carbocycles. The molecule has 74 valence electrons. The van der Waals surface area contributed by atoms with Crippen LogP contribution in [0.1, 0.15) is 12.5 Å². The van der Waals surface area contributed by atoms with Gasteiger partial charge >= 0.3 is 0 Å². The summed E-state index contributed by atoms with van der Waals surface area (Å²) in [5, 5.41) is 3.24. The molecule has 2 aromatic rings. The number of nitrogens with one attached hydrogen (secondary N) is 1. The lowest BCUT2D eigenvalue weighted by Gasteiger charge is -2.09. The number of rotatable bonds is 3. The quantitative estimate of drug-likeness (QED) is 0.834. The van der Waals surface area contributed by atoms with Crippen LogP contribution in [0.5, 0.6) is 0 Å². The fourth-order valence-corrected chi connectivity index (χ4v) is 2.22. The number of nitrogens with zero attached hydrogens (tertiary/aromatic N) is 1. The van der Waals surface area contributed by atoms with Crippen molar-refractivity contribution in [2.75, 3.05) is 7.05 Å². The van der Waals surface area contributed by atoms with E-state index in [9.17, 15) is 0 Å². The molecular weight excluding hydrogens is 192 g/mol. The SMILES string of the molecule is CN[C@H](C)Cc1ccc2ncsc2c1. The number of benzene rings is 1. The Hall–Kier alpha value is -0.930. The molecule has 14 heavy (non-hydrogen) atoms. The summed E-state index contributed by atoms with van der Waals surface area (Å²) in [4.78, 5) is 4.26. The summed E-state index contributed by atoms with van der Waals surface area (Å²) in [6.07, 6.45) is 1.07. The number of likely N-dealkylation sites (N-methyl/N-ethyl adjacent to an activating group) is 1. The van der Waals surface area contributed by atoms with Crippen LogP contribution in [0.3, 0.4) is 0 Å². The van der Waals surface area contributed by atoms with Crippen molar-refractivity contribution in [3.63, 3.8) is 0 Å². The van der Waals surface area contributed by atoms with E-state index in [-0.39, 0.29) is 0 Å². The fraction of sp³-hybridized carbons (Fsp3) is 0.364. The monoisotopic (exact) mass is 206 g/mol. The van der Waals surface area contributed by atoms with Crippen LogP contribution in [-0.4, -0.2) is 18.1 Å². The van der Waals surface area contributed by atoms with Crippen LogP contribution in [0.2, 0.25) is 0 Å². The maximum atomic E-state index is 4.26. The van der Waals surface area contributed by atoms with Gasteiger partial charge in [-0.1, -0.05) is 6.07 Å². The van der Waals surface area contributed by atoms with Gasteiger partial charge in [-0.2, -0.15) is 0 Å². The van der Waals surface area contributed by atoms with Gasteiger partial charge in [-0.05, 0) is 38.1 Å². The van der Waals surface area contributed by atoms with Gasteiger partial charge in [0.2, 0.25) is 0 Å². The first kappa shape index (κ1) is 9.62. The minimum atomic E-state index is 0.528. The normalized spacial score (nSPS) is 13.3. The number of aromatic nitrogens is 1. The molecular formula is C11H14N2S. The highest BCUT2D eigenvalue weighted by atomic mass is 32.1. The van der Waals surface area contributed by atoms with Crippen molar-refractivity contribution in [1.82, 2.24) is 10.3 Å². The van der Waals surface area contributed by atoms with E-state index in [0.29, 0.717) is 6.04 Å². The predicted octanol–water partition coefficient (Wildman–Crippen LogP) is 2.45. The summed E-state index contributed by atoms with van der Waals surface area (Å²) in [5.41, 5.74) is 4.38. The van der Waals surface area contributed by atoms with E-state index < -0.39 is 0 Å². The van der Waals surface area contributed by atoms with Crippen LogP contribution >= 0.6 is 11.3 Å². The summed E-state index contributed by atoms with van der Waals surface area (Å²) in [6.45, 7) is 2.19. The van der Waals surface area contributed by atoms with Gasteiger partial charge in [0.25, 0.3) is 0 Å². The molecule has 0 amide bonds. The van der Waals surface area contributed by atoms with Gasteiger partial charge < -0.3 is 5.32 Å². The van der Waals surface area contributed by atoms with Crippen molar-refractivity contribution in [3.05, 3.63) is 29.3 Å². The Morgan fingerprint density at radius 2 is 2.36 bits per heavy atom. The zero-order valence-electron chi connectivity index (χ0n) is 8.45. The van der Waals surface area contributed by atoms with Crippen molar-refractivity contribution in [2.24, 2.45) is 0 Å². The molecule has 0 aliphatic heterocycles. The third-order valence-corrected chi connectivity index (χ3v) is 3.22. The molecule has 0 spiro atoms. The van der Waals surface area contributed by atoms with E-state index in [1.807, 2.05) is 12.6 Å². The second-order valence-corrected chi connectivity index (χ2v) is 4.43. The molecule has 0 aliphatic rings. The molecule has 1 aromatic carbocycles. The minimum absolute atomic E-state index is 0.528. The topological polar surface area (TPSA) is 24.9 Å². The van der Waals surface area contributed by atoms with Crippen LogP contribution in [0.25, 0.3) is 10.2 Å². The summed E-state index contributed by atoms with van der Waals surface area (Å²) in [6, 6.07) is 7.03. The first-order chi connectivity index (χ1) is 6.79. The number of hydrogen-bond acceptors (Lipinski definition) is 3. The van der Waals surface area contributed by atoms with Crippen molar-refractivity contribution < 1.29 is 0 Å². The van der Waals surface area contributed by atoms with Gasteiger partial charge in [-0.25, -0.2) is 4.98 Å². The van der Waals surface area contributed by atoms with Gasteiger partial charge in [-0.3, -0.25) is 0 Å². The zero-order valence-corrected chi connectivity index (χ0v) is 9.27. The molecule has 0 unspecified atom stereocenters. The van der Waals surface area contributed by atoms with Gasteiger partial charge in [0.15, 0.2) is 0 Å². The molecule has 1 N–H and O–H groups in total. The van der Waals surface area contributed by atoms with Gasteiger partial charge in [0, 0.05) is 6.04 Å². The smallest absolute Gasteiger partial charge is 0.0812 e. The third kappa shape index (κ3) is 1.94. The molecule has 1 atom stereocenters. The van der Waals surface area contributed by atoms with E-state index in [2.05, 4.69) is 35.4 Å². The van der Waals surface area contributed by atoms with Crippen molar-refractivity contribution in [3.8, 4) is 0 Å². The highest BCUT2D eigenvalue weighted by molar-refractivity contribution is 7.16. The van der Waals surface area contributed by atoms with Crippen LogP contribution in [-0.2, 0) is 6.42 Å². The Bertz CT molecular complexity index is 422. The largest absolute Gasteiger partial charge is 0.317 e. The summed E-state index contributed by atoms with van der Waals surface area (Å²) < 4.78 is 1.28. The molecule has 1 aromatic heterocycles. The van der Waals surface area contributed by atoms with Crippen LogP contribution in [0, 0.1) is 0 Å². The Labute approximate surface area is 88.0 Å². The molecule has 2 rings (SSSR count). The molecule has 3 heteroatoms. The van der Waals surface area contributed by atoms with E-state index in [4.69, 9.17) is 0 Å². The van der Waals surface area contributed by atoms with Crippen molar-refractivity contribution in [1.29, 1.82) is 0 Å². The molecule has 0 saturated heterocycles. The molecule has 0 bridgehead atoms. The first-order valence-electron chi connectivity index (χ1n) is 4.79. The second kappa shape index (κ2) is 4.07. The Kier molecular flexibility index (Phi) is 2.79. The van der Waals surface area contributed by atoms with Gasteiger partial charge in [-0.15, -0.1) is 11.3 Å². The molecule has 2 nitrogen and oxygen atoms in total. The fourth-order valence-electron chi connectivity index (χ4n) is 1.48. The minimum Gasteiger partial charge on any atom is -0.317 e. The number of hydrogen-bond donors (Lipinski definition) is 1. The number of fused-ring (bicyclic) bond motifs is 1. The Balaban J connectivity index is 2.25. The summed E-state index contributed by atoms with van der Waals surface area (Å²) >= 11 is 1.70. The lowest BCUT2D eigenvalue weighted by Crippen LogP contribution is -2.23. The summed E-state index contributed by atoms with van der Waals surface area (Å²) in [5.74, 6) is 0. The second-order valence-electron chi connectivity index (χ2n) is 3.55. The maximum absolute atomic E-state index is 4.26. The van der Waals surface area contributed by atoms with Crippen LogP contribution < -0.4 is 5.32 Å². The first-order valence-corrected chi connectivity index (χ1v) is 5.67. The van der Waals surface area contributed by atoms with Crippen molar-refractivity contribution >= 4 is 21.6 Å². The Morgan fingerprint density at radius 1 is 1.50 bits per heavy atom. The number of thiazole rings is 1. The molecule has 1 heterocycles. The average molecular weight is 206 g/mol. The highest BCUT2D eigenvalue weighted by Crippen LogP contribution is 2.19. The van der Waals surface area contributed by atoms with Crippen LogP contribution in [0.4, 0.5) is 0 Å². The predicted molar refractivity (Wildman–Crippen MR) is 61.8 cm³/mol. The maximum Gasteiger partial charge on any atom is 0.0812 e. The highest BCUT2D eigenvalue weighted by Gasteiger charge is 2.02. The van der Waals surface area contributed by atoms with Gasteiger partial charge in [0.05, 0.1) is 15.7 Å². The van der Waals surface area contributed by atoms with E-state index in [1.54, 1.807) is 11.3 Å². The van der Waals surface area contributed by atoms with E-state index in [1.165, 1.54) is 10.3 Å². The zero-order chi connectivity index (χ0) is 9.97. The van der Waals surface area contributed by atoms with Crippen molar-refractivity contribution in [2.45, 2.75) is 19.4 Å². The van der Waals surface area contributed by atoms with Gasteiger partial charge in [0.1, 0.15) is 0 Å². The molecule has 0 aliphatic carbocycles. The lowest BCUT2D eigenvalue weighted by atomic mass is 10.1. The third-order valence-electron chi connectivity index (χ3n) is 2.43.